The Morgan fingerprint density at radius 2 is 2.22 bits per heavy atom. The van der Waals surface area contributed by atoms with Crippen molar-refractivity contribution in [3.63, 3.8) is 0 Å². The summed E-state index contributed by atoms with van der Waals surface area (Å²) in [4.78, 5) is 11.6. The van der Waals surface area contributed by atoms with Gasteiger partial charge in [-0.2, -0.15) is 0 Å². The summed E-state index contributed by atoms with van der Waals surface area (Å²) in [5.74, 6) is 0.250. The van der Waals surface area contributed by atoms with Gasteiger partial charge in [-0.25, -0.2) is 0 Å². The Kier molecular flexibility index (Phi) is 4.73. The highest BCUT2D eigenvalue weighted by Crippen LogP contribution is 2.23. The first-order chi connectivity index (χ1) is 8.30. The maximum Gasteiger partial charge on any atom is 0.244 e. The molecular weight excluding hydrogens is 230 g/mol. The van der Waals surface area contributed by atoms with E-state index in [1.54, 1.807) is 18.2 Å². The molecule has 100 valence electrons. The quantitative estimate of drug-likeness (QED) is 0.808. The minimum Gasteiger partial charge on any atom is -0.467 e. The van der Waals surface area contributed by atoms with Gasteiger partial charge < -0.3 is 14.8 Å². The molecule has 0 saturated heterocycles. The number of aliphatic hydroxyl groups is 1. The van der Waals surface area contributed by atoms with E-state index in [4.69, 9.17) is 4.42 Å². The molecule has 1 heterocycles. The van der Waals surface area contributed by atoms with Crippen LogP contribution in [-0.4, -0.2) is 17.6 Å². The second-order valence-corrected chi connectivity index (χ2v) is 5.35. The zero-order valence-electron chi connectivity index (χ0n) is 11.4. The fraction of sp³-hybridized carbons (Fsp3) is 0.500. The van der Waals surface area contributed by atoms with Gasteiger partial charge in [0.1, 0.15) is 11.9 Å². The second-order valence-electron chi connectivity index (χ2n) is 5.35. The van der Waals surface area contributed by atoms with Gasteiger partial charge in [0.25, 0.3) is 0 Å². The molecule has 1 atom stereocenters. The summed E-state index contributed by atoms with van der Waals surface area (Å²) in [7, 11) is 0. The minimum absolute atomic E-state index is 0.0308. The lowest BCUT2D eigenvalue weighted by molar-refractivity contribution is -0.117. The Morgan fingerprint density at radius 3 is 2.72 bits per heavy atom. The number of furan rings is 1. The van der Waals surface area contributed by atoms with Crippen LogP contribution in [0.3, 0.4) is 0 Å². The van der Waals surface area contributed by atoms with Crippen LogP contribution in [0.25, 0.3) is 0 Å². The summed E-state index contributed by atoms with van der Waals surface area (Å²) in [5.41, 5.74) is 0.962. The molecule has 2 N–H and O–H groups in total. The Labute approximate surface area is 108 Å². The van der Waals surface area contributed by atoms with Crippen molar-refractivity contribution in [3.8, 4) is 0 Å². The summed E-state index contributed by atoms with van der Waals surface area (Å²) in [6, 6.07) is 3.37. The van der Waals surface area contributed by atoms with E-state index in [2.05, 4.69) is 5.32 Å². The predicted molar refractivity (Wildman–Crippen MR) is 69.9 cm³/mol. The summed E-state index contributed by atoms with van der Waals surface area (Å²) in [6.07, 6.45) is 2.24. The molecule has 0 radical (unpaired) electrons. The Balaban J connectivity index is 2.47. The first-order valence-corrected chi connectivity index (χ1v) is 5.99. The van der Waals surface area contributed by atoms with Gasteiger partial charge in [-0.15, -0.1) is 0 Å². The van der Waals surface area contributed by atoms with Crippen LogP contribution in [0, 0.1) is 5.41 Å². The van der Waals surface area contributed by atoms with Crippen molar-refractivity contribution < 1.29 is 14.3 Å². The normalized spacial score (nSPS) is 14.4. The number of allylic oxidation sites excluding steroid dienone is 1. The van der Waals surface area contributed by atoms with E-state index in [-0.39, 0.29) is 17.9 Å². The van der Waals surface area contributed by atoms with Gasteiger partial charge in [-0.1, -0.05) is 26.3 Å². The lowest BCUT2D eigenvalue weighted by atomic mass is 9.87. The summed E-state index contributed by atoms with van der Waals surface area (Å²) < 4.78 is 5.05. The Morgan fingerprint density at radius 1 is 1.56 bits per heavy atom. The van der Waals surface area contributed by atoms with Crippen molar-refractivity contribution in [1.29, 1.82) is 0 Å². The maximum atomic E-state index is 11.6. The van der Waals surface area contributed by atoms with Gasteiger partial charge in [-0.3, -0.25) is 4.79 Å². The molecule has 0 aromatic carbocycles. The molecule has 4 nitrogen and oxygen atoms in total. The van der Waals surface area contributed by atoms with Crippen molar-refractivity contribution in [2.75, 3.05) is 6.54 Å². The van der Waals surface area contributed by atoms with Crippen LogP contribution in [-0.2, 0) is 4.79 Å². The number of aliphatic hydroxyl groups excluding tert-OH is 1. The Hall–Kier alpha value is -1.55. The van der Waals surface area contributed by atoms with E-state index in [1.807, 2.05) is 27.7 Å². The number of amides is 1. The molecule has 0 bridgehead atoms. The van der Waals surface area contributed by atoms with E-state index in [0.29, 0.717) is 5.76 Å². The maximum absolute atomic E-state index is 11.6. The molecular formula is C14H21NO3. The van der Waals surface area contributed by atoms with E-state index >= 15 is 0 Å². The zero-order chi connectivity index (χ0) is 13.8. The molecule has 1 amide bonds. The van der Waals surface area contributed by atoms with E-state index in [1.165, 1.54) is 6.26 Å². The number of carbonyl (C=O) groups is 1. The van der Waals surface area contributed by atoms with Gasteiger partial charge in [0.15, 0.2) is 0 Å². The molecule has 0 saturated carbocycles. The van der Waals surface area contributed by atoms with Crippen molar-refractivity contribution in [2.24, 2.45) is 5.41 Å². The lowest BCUT2D eigenvalue weighted by Gasteiger charge is -2.19. The Bertz CT molecular complexity index is 413. The van der Waals surface area contributed by atoms with Crippen molar-refractivity contribution >= 4 is 5.91 Å². The van der Waals surface area contributed by atoms with Gasteiger partial charge in [0.05, 0.1) is 12.8 Å². The average molecular weight is 251 g/mol. The van der Waals surface area contributed by atoms with E-state index in [0.717, 1.165) is 5.57 Å². The molecule has 0 aliphatic carbocycles. The van der Waals surface area contributed by atoms with Crippen LogP contribution in [0.1, 0.15) is 39.6 Å². The van der Waals surface area contributed by atoms with Crippen molar-refractivity contribution in [2.45, 2.75) is 33.8 Å². The molecule has 0 fully saturated rings. The number of hydrogen-bond acceptors (Lipinski definition) is 3. The molecule has 1 unspecified atom stereocenters. The molecule has 1 aromatic rings. The van der Waals surface area contributed by atoms with Crippen LogP contribution >= 0.6 is 0 Å². The zero-order valence-corrected chi connectivity index (χ0v) is 11.4. The summed E-state index contributed by atoms with van der Waals surface area (Å²) in [6.45, 7) is 8.19. The number of carbonyl (C=O) groups excluding carboxylic acids is 1. The van der Waals surface area contributed by atoms with Crippen molar-refractivity contribution in [1.82, 2.24) is 5.32 Å². The average Bonchev–Trinajstić information content (AvgIpc) is 2.77. The van der Waals surface area contributed by atoms with Crippen LogP contribution < -0.4 is 5.32 Å². The monoisotopic (exact) mass is 251 g/mol. The van der Waals surface area contributed by atoms with E-state index in [9.17, 15) is 9.90 Å². The molecule has 0 aliphatic rings. The molecule has 4 heteroatoms. The summed E-state index contributed by atoms with van der Waals surface area (Å²) >= 11 is 0. The highest BCUT2D eigenvalue weighted by atomic mass is 16.4. The van der Waals surface area contributed by atoms with Gasteiger partial charge in [-0.05, 0) is 24.5 Å². The first-order valence-electron chi connectivity index (χ1n) is 5.99. The molecule has 18 heavy (non-hydrogen) atoms. The van der Waals surface area contributed by atoms with Crippen LogP contribution in [0.5, 0.6) is 0 Å². The highest BCUT2D eigenvalue weighted by Gasteiger charge is 2.15. The van der Waals surface area contributed by atoms with Gasteiger partial charge in [0, 0.05) is 6.08 Å². The number of nitrogens with one attached hydrogen (secondary N) is 1. The molecule has 1 rings (SSSR count). The van der Waals surface area contributed by atoms with E-state index < -0.39 is 6.10 Å². The fourth-order valence-corrected chi connectivity index (χ4v) is 1.24. The van der Waals surface area contributed by atoms with Gasteiger partial charge >= 0.3 is 0 Å². The van der Waals surface area contributed by atoms with Crippen LogP contribution in [0.4, 0.5) is 0 Å². The van der Waals surface area contributed by atoms with Crippen LogP contribution in [0.15, 0.2) is 34.5 Å². The standard InChI is InChI=1S/C14H21NO3/c1-10(14(2,3)4)8-13(17)15-9-11(16)12-6-5-7-18-12/h5-8,11,16H,9H2,1-4H3,(H,15,17)/b10-8-. The first kappa shape index (κ1) is 14.5. The number of hydrogen-bond donors (Lipinski definition) is 2. The smallest absolute Gasteiger partial charge is 0.244 e. The van der Waals surface area contributed by atoms with Crippen molar-refractivity contribution in [3.05, 3.63) is 35.8 Å². The fourth-order valence-electron chi connectivity index (χ4n) is 1.24. The predicted octanol–water partition coefficient (Wildman–Crippen LogP) is 2.42. The third kappa shape index (κ3) is 4.37. The molecule has 1 aromatic heterocycles. The second kappa shape index (κ2) is 5.87. The largest absolute Gasteiger partial charge is 0.467 e. The third-order valence-corrected chi connectivity index (χ3v) is 2.87. The summed E-state index contributed by atoms with van der Waals surface area (Å²) in [5, 5.41) is 12.4. The van der Waals surface area contributed by atoms with Crippen LogP contribution in [0.2, 0.25) is 0 Å². The molecule has 0 aliphatic heterocycles. The number of rotatable bonds is 4. The minimum atomic E-state index is -0.813. The van der Waals surface area contributed by atoms with Gasteiger partial charge in [0.2, 0.25) is 5.91 Å². The topological polar surface area (TPSA) is 62.5 Å². The highest BCUT2D eigenvalue weighted by molar-refractivity contribution is 5.88. The molecule has 0 spiro atoms. The lowest BCUT2D eigenvalue weighted by Crippen LogP contribution is -2.27. The third-order valence-electron chi connectivity index (χ3n) is 2.87. The SMILES string of the molecule is C/C(=C/C(=O)NCC(O)c1ccco1)C(C)(C)C.